The number of hydrogen-bond donors (Lipinski definition) is 0. The summed E-state index contributed by atoms with van der Waals surface area (Å²) in [6, 6.07) is 2.05. The number of nitriles is 1. The normalized spacial score (nSPS) is 10.0. The van der Waals surface area contributed by atoms with Crippen molar-refractivity contribution < 1.29 is 18.7 Å². The van der Waals surface area contributed by atoms with Crippen molar-refractivity contribution in [3.05, 3.63) is 16.9 Å². The van der Waals surface area contributed by atoms with E-state index in [0.29, 0.717) is 24.2 Å². The Hall–Kier alpha value is -1.96. The molecule has 1 aromatic heterocycles. The summed E-state index contributed by atoms with van der Waals surface area (Å²) in [6.45, 7) is 6.19. The van der Waals surface area contributed by atoms with E-state index in [-0.39, 0.29) is 18.3 Å². The molecule has 0 radical (unpaired) electrons. The molecule has 0 atom stereocenters. The lowest BCUT2D eigenvalue weighted by Crippen LogP contribution is -2.06. The number of nitrogens with zero attached hydrogens (tertiary/aromatic N) is 1. The fourth-order valence-electron chi connectivity index (χ4n) is 1.74. The van der Waals surface area contributed by atoms with Gasteiger partial charge >= 0.3 is 11.9 Å². The van der Waals surface area contributed by atoms with E-state index in [9.17, 15) is 10.1 Å². The van der Waals surface area contributed by atoms with E-state index in [1.165, 1.54) is 0 Å². The number of ether oxygens (including phenoxy) is 2. The van der Waals surface area contributed by atoms with Gasteiger partial charge in [0, 0.05) is 5.56 Å². The van der Waals surface area contributed by atoms with Crippen molar-refractivity contribution in [3.8, 4) is 12.0 Å². The maximum absolute atomic E-state index is 11.8. The molecule has 19 heavy (non-hydrogen) atoms. The first-order chi connectivity index (χ1) is 9.19. The largest absolute Gasteiger partial charge is 0.464 e. The lowest BCUT2D eigenvalue weighted by molar-refractivity contribution is 0.0480. The fourth-order valence-corrected chi connectivity index (χ4v) is 1.74. The highest BCUT2D eigenvalue weighted by molar-refractivity contribution is 5.89. The lowest BCUT2D eigenvalue weighted by Gasteiger charge is -2.01. The quantitative estimate of drug-likeness (QED) is 0.708. The number of rotatable bonds is 7. The van der Waals surface area contributed by atoms with E-state index < -0.39 is 5.97 Å². The van der Waals surface area contributed by atoms with Gasteiger partial charge in [0.1, 0.15) is 11.6 Å². The molecule has 1 rings (SSSR count). The van der Waals surface area contributed by atoms with Crippen LogP contribution in [0, 0.1) is 11.3 Å². The minimum Gasteiger partial charge on any atom is -0.464 e. The third-order valence-corrected chi connectivity index (χ3v) is 2.60. The van der Waals surface area contributed by atoms with Gasteiger partial charge in [-0.2, -0.15) is 5.26 Å². The number of esters is 1. The second kappa shape index (κ2) is 7.47. The Morgan fingerprint density at radius 2 is 2.05 bits per heavy atom. The molecule has 1 aromatic rings. The Labute approximate surface area is 113 Å². The number of hydrogen-bond acceptors (Lipinski definition) is 5. The smallest absolute Gasteiger partial charge is 0.374 e. The zero-order valence-electron chi connectivity index (χ0n) is 11.6. The summed E-state index contributed by atoms with van der Waals surface area (Å²) < 4.78 is 15.6. The molecule has 0 aliphatic rings. The van der Waals surface area contributed by atoms with Gasteiger partial charge in [0.05, 0.1) is 13.2 Å². The van der Waals surface area contributed by atoms with Crippen LogP contribution in [0.25, 0.3) is 0 Å². The molecule has 5 nitrogen and oxygen atoms in total. The molecule has 1 heterocycles. The van der Waals surface area contributed by atoms with Crippen molar-refractivity contribution in [2.45, 2.75) is 40.0 Å². The Morgan fingerprint density at radius 1 is 1.32 bits per heavy atom. The highest BCUT2D eigenvalue weighted by Gasteiger charge is 2.26. The van der Waals surface area contributed by atoms with E-state index in [1.54, 1.807) is 13.8 Å². The van der Waals surface area contributed by atoms with Crippen LogP contribution in [-0.4, -0.2) is 19.2 Å². The van der Waals surface area contributed by atoms with Gasteiger partial charge < -0.3 is 13.9 Å². The number of carbonyl (C=O) groups is 1. The summed E-state index contributed by atoms with van der Waals surface area (Å²) in [5.41, 5.74) is 0.893. The molecular formula is C14H19NO4. The second-order valence-corrected chi connectivity index (χ2v) is 3.94. The minimum absolute atomic E-state index is 0.0929. The minimum atomic E-state index is -0.545. The molecule has 0 spiro atoms. The zero-order valence-corrected chi connectivity index (χ0v) is 11.6. The first-order valence-corrected chi connectivity index (χ1v) is 6.55. The van der Waals surface area contributed by atoms with Crippen LogP contribution in [0.15, 0.2) is 4.42 Å². The van der Waals surface area contributed by atoms with E-state index in [1.807, 2.05) is 13.0 Å². The van der Waals surface area contributed by atoms with E-state index >= 15 is 0 Å². The molecule has 0 saturated heterocycles. The maximum Gasteiger partial charge on any atom is 0.374 e. The van der Waals surface area contributed by atoms with Crippen molar-refractivity contribution >= 4 is 5.97 Å². The molecule has 0 aliphatic carbocycles. The summed E-state index contributed by atoms with van der Waals surface area (Å²) in [4.78, 5) is 11.8. The average molecular weight is 265 g/mol. The van der Waals surface area contributed by atoms with E-state index in [0.717, 1.165) is 12.8 Å². The molecule has 0 N–H and O–H groups in total. The fraction of sp³-hybridized carbons (Fsp3) is 0.571. The van der Waals surface area contributed by atoms with Crippen molar-refractivity contribution in [1.82, 2.24) is 0 Å². The Morgan fingerprint density at radius 3 is 2.58 bits per heavy atom. The first-order valence-electron chi connectivity index (χ1n) is 6.55. The van der Waals surface area contributed by atoms with Gasteiger partial charge in [0.2, 0.25) is 5.76 Å². The third-order valence-electron chi connectivity index (χ3n) is 2.60. The van der Waals surface area contributed by atoms with Crippen molar-refractivity contribution in [2.75, 3.05) is 13.2 Å². The van der Waals surface area contributed by atoms with Gasteiger partial charge in [-0.25, -0.2) is 4.79 Å². The van der Waals surface area contributed by atoms with Gasteiger partial charge in [-0.1, -0.05) is 13.3 Å². The summed E-state index contributed by atoms with van der Waals surface area (Å²) >= 11 is 0. The monoisotopic (exact) mass is 265 g/mol. The molecule has 0 aromatic carbocycles. The summed E-state index contributed by atoms with van der Waals surface area (Å²) in [7, 11) is 0. The highest BCUT2D eigenvalue weighted by Crippen LogP contribution is 2.30. The van der Waals surface area contributed by atoms with E-state index in [4.69, 9.17) is 13.9 Å². The molecule has 104 valence electrons. The van der Waals surface area contributed by atoms with Crippen molar-refractivity contribution in [1.29, 1.82) is 5.26 Å². The van der Waals surface area contributed by atoms with Gasteiger partial charge in [0.15, 0.2) is 0 Å². The van der Waals surface area contributed by atoms with Crippen LogP contribution in [0.5, 0.6) is 5.95 Å². The summed E-state index contributed by atoms with van der Waals surface area (Å²) in [6.07, 6.45) is 2.43. The maximum atomic E-state index is 11.8. The van der Waals surface area contributed by atoms with Gasteiger partial charge in [-0.05, 0) is 26.7 Å². The Kier molecular flexibility index (Phi) is 5.94. The van der Waals surface area contributed by atoms with Crippen LogP contribution in [0.4, 0.5) is 0 Å². The van der Waals surface area contributed by atoms with Crippen molar-refractivity contribution in [2.24, 2.45) is 0 Å². The van der Waals surface area contributed by atoms with Crippen LogP contribution in [0.2, 0.25) is 0 Å². The van der Waals surface area contributed by atoms with Crippen molar-refractivity contribution in [3.63, 3.8) is 0 Å². The molecule has 0 fully saturated rings. The highest BCUT2D eigenvalue weighted by atomic mass is 16.6. The van der Waals surface area contributed by atoms with Crippen LogP contribution in [-0.2, 0) is 11.2 Å². The van der Waals surface area contributed by atoms with Crippen LogP contribution >= 0.6 is 0 Å². The summed E-state index contributed by atoms with van der Waals surface area (Å²) in [5.74, 6) is -0.342. The number of furan rings is 1. The molecule has 0 saturated carbocycles. The zero-order chi connectivity index (χ0) is 14.3. The van der Waals surface area contributed by atoms with Gasteiger partial charge in [-0.15, -0.1) is 0 Å². The van der Waals surface area contributed by atoms with Crippen LogP contribution < -0.4 is 4.74 Å². The van der Waals surface area contributed by atoms with Crippen LogP contribution in [0.3, 0.4) is 0 Å². The predicted octanol–water partition coefficient (Wildman–Crippen LogP) is 3.07. The van der Waals surface area contributed by atoms with Gasteiger partial charge in [0.25, 0.3) is 0 Å². The second-order valence-electron chi connectivity index (χ2n) is 3.94. The SMILES string of the molecule is CCCCc1c(C(=O)OCC)oc(OCC)c1C#N. The average Bonchev–Trinajstić information content (AvgIpc) is 2.75. The molecule has 0 aliphatic heterocycles. The van der Waals surface area contributed by atoms with E-state index in [2.05, 4.69) is 0 Å². The molecule has 0 unspecified atom stereocenters. The predicted molar refractivity (Wildman–Crippen MR) is 69.2 cm³/mol. The topological polar surface area (TPSA) is 72.5 Å². The molecule has 0 amide bonds. The number of carbonyl (C=O) groups excluding carboxylic acids is 1. The number of unbranched alkanes of at least 4 members (excludes halogenated alkanes) is 1. The summed E-state index contributed by atoms with van der Waals surface area (Å²) in [5, 5.41) is 9.21. The Bertz CT molecular complexity index is 471. The van der Waals surface area contributed by atoms with Gasteiger partial charge in [-0.3, -0.25) is 0 Å². The van der Waals surface area contributed by atoms with Crippen LogP contribution in [0.1, 0.15) is 55.3 Å². The third kappa shape index (κ3) is 3.50. The molecule has 5 heteroatoms. The Balaban J connectivity index is 3.19. The first kappa shape index (κ1) is 15.1. The lowest BCUT2D eigenvalue weighted by atomic mass is 10.0. The standard InChI is InChI=1S/C14H19NO4/c1-4-7-8-10-11(9-15)14(18-6-3)19-12(10)13(16)17-5-2/h4-8H2,1-3H3. The molecular weight excluding hydrogens is 246 g/mol. The molecule has 0 bridgehead atoms.